The Hall–Kier alpha value is -7.42. The molecule has 8 aromatic rings. The average Bonchev–Trinajstić information content (AvgIpc) is 3.86. The van der Waals surface area contributed by atoms with Gasteiger partial charge in [-0.05, 0) is 76.8 Å². The van der Waals surface area contributed by atoms with Gasteiger partial charge in [-0.25, -0.2) is 0 Å². The van der Waals surface area contributed by atoms with Gasteiger partial charge in [0.05, 0.1) is 28.3 Å². The van der Waals surface area contributed by atoms with E-state index in [1.807, 2.05) is 18.2 Å². The highest BCUT2D eigenvalue weighted by molar-refractivity contribution is 6.16. The number of hydrogen-bond acceptors (Lipinski definition) is 4. The van der Waals surface area contributed by atoms with Crippen molar-refractivity contribution in [2.75, 3.05) is 7.05 Å². The van der Waals surface area contributed by atoms with Gasteiger partial charge in [0.2, 0.25) is 0 Å². The second-order valence-electron chi connectivity index (χ2n) is 16.7. The van der Waals surface area contributed by atoms with Crippen LogP contribution in [0.25, 0.3) is 61.3 Å². The van der Waals surface area contributed by atoms with Gasteiger partial charge in [-0.1, -0.05) is 159 Å². The molecule has 3 unspecified atom stereocenters. The summed E-state index contributed by atoms with van der Waals surface area (Å²) < 4.78 is 9.46. The highest BCUT2D eigenvalue weighted by atomic mass is 16.3. The van der Waals surface area contributed by atoms with Crippen molar-refractivity contribution in [3.63, 3.8) is 0 Å². The third-order valence-electron chi connectivity index (χ3n) is 12.8. The fourth-order valence-corrected chi connectivity index (χ4v) is 10.00. The topological polar surface area (TPSA) is 57.5 Å². The minimum absolute atomic E-state index is 0.284. The zero-order valence-corrected chi connectivity index (χ0v) is 34.5. The van der Waals surface area contributed by atoms with E-state index in [0.29, 0.717) is 17.2 Å². The summed E-state index contributed by atoms with van der Waals surface area (Å²) >= 11 is 0. The molecule has 11 rings (SSSR count). The molecule has 0 saturated carbocycles. The molecule has 3 aliphatic rings. The molecule has 0 bridgehead atoms. The molecule has 3 heterocycles. The van der Waals surface area contributed by atoms with Gasteiger partial charge < -0.3 is 13.9 Å². The van der Waals surface area contributed by atoms with Gasteiger partial charge in [-0.3, -0.25) is 4.99 Å². The first-order valence-electron chi connectivity index (χ1n) is 21.3. The maximum absolute atomic E-state index is 10.9. The number of rotatable bonds is 6. The highest BCUT2D eigenvalue weighted by Crippen LogP contribution is 2.52. The summed E-state index contributed by atoms with van der Waals surface area (Å²) in [6.07, 6.45) is 8.09. The average molecular weight is 789 g/mol. The molecule has 3 atom stereocenters. The van der Waals surface area contributed by atoms with Crippen LogP contribution in [0, 0.1) is 17.2 Å². The van der Waals surface area contributed by atoms with Crippen LogP contribution in [0.1, 0.15) is 54.6 Å². The molecule has 5 nitrogen and oxygen atoms in total. The molecule has 2 aliphatic carbocycles. The van der Waals surface area contributed by atoms with Crippen molar-refractivity contribution in [3.05, 3.63) is 209 Å². The van der Waals surface area contributed by atoms with Crippen molar-refractivity contribution in [1.29, 1.82) is 5.26 Å². The molecule has 5 heteroatoms. The predicted octanol–water partition coefficient (Wildman–Crippen LogP) is 13.8. The number of furan rings is 1. The lowest BCUT2D eigenvalue weighted by atomic mass is 9.84. The van der Waals surface area contributed by atoms with Gasteiger partial charge in [0, 0.05) is 40.1 Å². The van der Waals surface area contributed by atoms with E-state index >= 15 is 0 Å². The van der Waals surface area contributed by atoms with Gasteiger partial charge in [0.1, 0.15) is 23.4 Å². The van der Waals surface area contributed by atoms with Crippen LogP contribution in [-0.2, 0) is 6.42 Å². The van der Waals surface area contributed by atoms with Crippen LogP contribution < -0.4 is 0 Å². The normalized spacial score (nSPS) is 18.5. The fourth-order valence-electron chi connectivity index (χ4n) is 10.00. The maximum Gasteiger partial charge on any atom is 0.155 e. The van der Waals surface area contributed by atoms with Crippen LogP contribution >= 0.6 is 0 Å². The number of para-hydroxylation sites is 2. The second-order valence-corrected chi connectivity index (χ2v) is 16.7. The largest absolute Gasteiger partial charge is 0.454 e. The number of hydrogen-bond donors (Lipinski definition) is 0. The third-order valence-corrected chi connectivity index (χ3v) is 12.8. The Labute approximate surface area is 356 Å². The Morgan fingerprint density at radius 3 is 1.97 bits per heavy atom. The van der Waals surface area contributed by atoms with Crippen LogP contribution in [0.4, 0.5) is 0 Å². The molecule has 0 radical (unpaired) electrons. The van der Waals surface area contributed by atoms with Crippen LogP contribution in [0.2, 0.25) is 0 Å². The molecule has 0 fully saturated rings. The molecule has 61 heavy (non-hydrogen) atoms. The predicted molar refractivity (Wildman–Crippen MR) is 249 cm³/mol. The fraction of sp³-hybridized carbons (Fsp3) is 0.143. The minimum Gasteiger partial charge on any atom is -0.454 e. The molecular weight excluding hydrogens is 745 g/mol. The van der Waals surface area contributed by atoms with E-state index in [4.69, 9.17) is 9.41 Å². The SMILES string of the molecule is CC1C=CC(C2=C(C#N)C(c3ccccc3)=NC(c3cc(-c4ccccc4)c(-n4c5c(c6ccccc64)CC(C)c4c-5oc5ccccc45)c(-c4ccccc4)c3)N2C)=CC1. The van der Waals surface area contributed by atoms with Gasteiger partial charge in [0.25, 0.3) is 0 Å². The molecule has 0 amide bonds. The Kier molecular flexibility index (Phi) is 8.83. The minimum atomic E-state index is -0.437. The first-order valence-corrected chi connectivity index (χ1v) is 21.3. The highest BCUT2D eigenvalue weighted by Gasteiger charge is 2.37. The second kappa shape index (κ2) is 14.7. The van der Waals surface area contributed by atoms with Crippen molar-refractivity contribution >= 4 is 27.6 Å². The van der Waals surface area contributed by atoms with Crippen LogP contribution in [-0.4, -0.2) is 22.2 Å². The summed E-state index contributed by atoms with van der Waals surface area (Å²) in [4.78, 5) is 7.76. The van der Waals surface area contributed by atoms with E-state index in [2.05, 4.69) is 188 Å². The van der Waals surface area contributed by atoms with Crippen molar-refractivity contribution in [1.82, 2.24) is 9.47 Å². The first-order chi connectivity index (χ1) is 30.0. The summed E-state index contributed by atoms with van der Waals surface area (Å²) in [7, 11) is 2.09. The number of likely N-dealkylation sites (N-methyl/N-ethyl adjacent to an activating group) is 1. The molecule has 0 saturated heterocycles. The van der Waals surface area contributed by atoms with Crippen LogP contribution in [0.3, 0.4) is 0 Å². The third kappa shape index (κ3) is 5.93. The number of benzene rings is 6. The summed E-state index contributed by atoms with van der Waals surface area (Å²) in [5.41, 5.74) is 16.4. The van der Waals surface area contributed by atoms with Gasteiger partial charge in [-0.2, -0.15) is 5.26 Å². The first kappa shape index (κ1) is 36.6. The summed E-state index contributed by atoms with van der Waals surface area (Å²) in [5.74, 6) is 1.66. The van der Waals surface area contributed by atoms with E-state index in [1.54, 1.807) is 0 Å². The van der Waals surface area contributed by atoms with E-state index < -0.39 is 6.17 Å². The van der Waals surface area contributed by atoms with Crippen LogP contribution in [0.15, 0.2) is 196 Å². The smallest absolute Gasteiger partial charge is 0.155 e. The number of nitriles is 1. The number of aromatic nitrogens is 1. The molecule has 294 valence electrons. The standard InChI is InChI=1S/C56H44N4O/c1-35-27-29-40(30-28-35)52-47(34-57)51(39-21-11-6-12-22-39)58-56(59(52)3)41-32-44(37-17-7-4-8-18-37)53(45(33-41)38-19-9-5-10-20-38)60-48-25-15-13-23-42(48)46-31-36(2)50-43-24-14-16-26-49(43)61-55(50)54(46)60/h4-27,29-30,32-33,35-36,56H,28,31H2,1-3H3. The van der Waals surface area contributed by atoms with Gasteiger partial charge in [-0.15, -0.1) is 0 Å². The number of aliphatic imine (C=N–C) groups is 1. The Morgan fingerprint density at radius 1 is 0.721 bits per heavy atom. The Bertz CT molecular complexity index is 3130. The van der Waals surface area contributed by atoms with Gasteiger partial charge >= 0.3 is 0 Å². The molecular formula is C56H44N4O. The lowest BCUT2D eigenvalue weighted by Gasteiger charge is -2.37. The lowest BCUT2D eigenvalue weighted by Crippen LogP contribution is -2.32. The monoisotopic (exact) mass is 788 g/mol. The summed E-state index contributed by atoms with van der Waals surface area (Å²) in [5, 5.41) is 13.3. The Balaban J connectivity index is 1.24. The maximum atomic E-state index is 10.9. The Morgan fingerprint density at radius 2 is 1.33 bits per heavy atom. The van der Waals surface area contributed by atoms with Crippen molar-refractivity contribution < 1.29 is 4.42 Å². The van der Waals surface area contributed by atoms with Crippen molar-refractivity contribution in [2.45, 2.75) is 38.8 Å². The zero-order valence-electron chi connectivity index (χ0n) is 34.5. The lowest BCUT2D eigenvalue weighted by molar-refractivity contribution is 0.319. The summed E-state index contributed by atoms with van der Waals surface area (Å²) in [6, 6.07) is 56.3. The zero-order chi connectivity index (χ0) is 41.2. The quantitative estimate of drug-likeness (QED) is 0.169. The number of nitrogens with zero attached hydrogens (tertiary/aromatic N) is 4. The molecule has 1 aliphatic heterocycles. The van der Waals surface area contributed by atoms with E-state index in [0.717, 1.165) is 85.7 Å². The summed E-state index contributed by atoms with van der Waals surface area (Å²) in [6.45, 7) is 4.56. The van der Waals surface area contributed by atoms with E-state index in [9.17, 15) is 5.26 Å². The van der Waals surface area contributed by atoms with Crippen molar-refractivity contribution in [3.8, 4) is 45.5 Å². The number of allylic oxidation sites excluding steroid dienone is 4. The molecule has 0 N–H and O–H groups in total. The van der Waals surface area contributed by atoms with E-state index in [1.165, 1.54) is 21.9 Å². The van der Waals surface area contributed by atoms with E-state index in [-0.39, 0.29) is 5.92 Å². The number of fused-ring (bicyclic) bond motifs is 7. The van der Waals surface area contributed by atoms with Gasteiger partial charge in [0.15, 0.2) is 5.76 Å². The molecule has 2 aromatic heterocycles. The van der Waals surface area contributed by atoms with Crippen molar-refractivity contribution in [2.24, 2.45) is 10.9 Å². The van der Waals surface area contributed by atoms with Crippen LogP contribution in [0.5, 0.6) is 0 Å². The molecule has 0 spiro atoms. The molecule has 6 aromatic carbocycles.